The van der Waals surface area contributed by atoms with Crippen LogP contribution >= 0.6 is 27.5 Å². The summed E-state index contributed by atoms with van der Waals surface area (Å²) in [6.07, 6.45) is 0. The summed E-state index contributed by atoms with van der Waals surface area (Å²) in [7, 11) is 0. The van der Waals surface area contributed by atoms with Crippen molar-refractivity contribution < 1.29 is 19.1 Å². The van der Waals surface area contributed by atoms with E-state index in [4.69, 9.17) is 21.1 Å². The molecule has 0 saturated carbocycles. The number of carbonyl (C=O) groups excluding carboxylic acids is 2. The lowest BCUT2D eigenvalue weighted by atomic mass is 10.3. The Labute approximate surface area is 130 Å². The van der Waals surface area contributed by atoms with E-state index in [1.165, 1.54) is 19.9 Å². The van der Waals surface area contributed by atoms with Crippen LogP contribution in [0.2, 0.25) is 5.02 Å². The van der Waals surface area contributed by atoms with Gasteiger partial charge in [-0.2, -0.15) is 0 Å². The van der Waals surface area contributed by atoms with Gasteiger partial charge in [0, 0.05) is 11.1 Å². The lowest BCUT2D eigenvalue weighted by Gasteiger charge is -2.12. The zero-order valence-corrected chi connectivity index (χ0v) is 13.3. The fourth-order valence-corrected chi connectivity index (χ4v) is 1.82. The van der Waals surface area contributed by atoms with Gasteiger partial charge in [-0.05, 0) is 41.9 Å². The maximum atomic E-state index is 11.5. The van der Waals surface area contributed by atoms with E-state index in [0.717, 1.165) is 0 Å². The van der Waals surface area contributed by atoms with Gasteiger partial charge in [-0.25, -0.2) is 9.59 Å². The van der Waals surface area contributed by atoms with Crippen molar-refractivity contribution in [1.29, 1.82) is 0 Å². The molecule has 0 aromatic heterocycles. The standard InChI is InChI=1S/C14H12BrClO4/c1-7(2)13(17)19-10-6-5-9(15)12(11(10)16)20-14(18)8(3)4/h5-6H,1,3H2,2,4H3. The Morgan fingerprint density at radius 3 is 2.10 bits per heavy atom. The van der Waals surface area contributed by atoms with Crippen molar-refractivity contribution >= 4 is 39.5 Å². The van der Waals surface area contributed by atoms with Gasteiger partial charge in [-0.1, -0.05) is 24.8 Å². The van der Waals surface area contributed by atoms with Crippen LogP contribution in [-0.2, 0) is 9.59 Å². The van der Waals surface area contributed by atoms with E-state index < -0.39 is 11.9 Å². The monoisotopic (exact) mass is 358 g/mol. The van der Waals surface area contributed by atoms with Gasteiger partial charge in [0.25, 0.3) is 0 Å². The number of halogens is 2. The van der Waals surface area contributed by atoms with Crippen molar-refractivity contribution in [3.63, 3.8) is 0 Å². The first-order valence-electron chi connectivity index (χ1n) is 5.47. The molecule has 0 atom stereocenters. The zero-order chi connectivity index (χ0) is 15.4. The Bertz CT molecular complexity index is 607. The van der Waals surface area contributed by atoms with Crippen molar-refractivity contribution in [2.45, 2.75) is 13.8 Å². The molecular formula is C14H12BrClO4. The van der Waals surface area contributed by atoms with E-state index in [0.29, 0.717) is 4.47 Å². The van der Waals surface area contributed by atoms with Crippen LogP contribution < -0.4 is 9.47 Å². The highest BCUT2D eigenvalue weighted by Gasteiger charge is 2.18. The molecule has 0 amide bonds. The predicted octanol–water partition coefficient (Wildman–Crippen LogP) is 4.07. The molecule has 106 valence electrons. The first-order chi connectivity index (χ1) is 9.23. The van der Waals surface area contributed by atoms with Gasteiger partial charge in [-0.3, -0.25) is 0 Å². The third-order valence-corrected chi connectivity index (χ3v) is 3.09. The van der Waals surface area contributed by atoms with Gasteiger partial charge in [-0.15, -0.1) is 0 Å². The summed E-state index contributed by atoms with van der Waals surface area (Å²) in [4.78, 5) is 23.0. The molecule has 0 aliphatic carbocycles. The van der Waals surface area contributed by atoms with E-state index in [9.17, 15) is 9.59 Å². The average Bonchev–Trinajstić information content (AvgIpc) is 2.37. The van der Waals surface area contributed by atoms with E-state index in [1.54, 1.807) is 6.07 Å². The summed E-state index contributed by atoms with van der Waals surface area (Å²) in [5, 5.41) is 0.00331. The summed E-state index contributed by atoms with van der Waals surface area (Å²) in [5.41, 5.74) is 0.446. The summed E-state index contributed by atoms with van der Waals surface area (Å²) >= 11 is 9.27. The van der Waals surface area contributed by atoms with Gasteiger partial charge in [0.2, 0.25) is 0 Å². The van der Waals surface area contributed by atoms with Crippen LogP contribution in [0.3, 0.4) is 0 Å². The average molecular weight is 360 g/mol. The number of hydrogen-bond acceptors (Lipinski definition) is 4. The first kappa shape index (κ1) is 16.5. The Balaban J connectivity index is 3.13. The Morgan fingerprint density at radius 2 is 1.60 bits per heavy atom. The van der Waals surface area contributed by atoms with Crippen molar-refractivity contribution in [3.8, 4) is 11.5 Å². The van der Waals surface area contributed by atoms with Gasteiger partial charge >= 0.3 is 11.9 Å². The molecule has 6 heteroatoms. The summed E-state index contributed by atoms with van der Waals surface area (Å²) < 4.78 is 10.6. The van der Waals surface area contributed by atoms with Crippen LogP contribution in [-0.4, -0.2) is 11.9 Å². The second-order valence-corrected chi connectivity index (χ2v) is 5.26. The maximum absolute atomic E-state index is 11.5. The number of carbonyl (C=O) groups is 2. The second kappa shape index (κ2) is 6.72. The van der Waals surface area contributed by atoms with Gasteiger partial charge in [0.05, 0.1) is 4.47 Å². The Hall–Kier alpha value is -1.59. The maximum Gasteiger partial charge on any atom is 0.338 e. The number of hydrogen-bond donors (Lipinski definition) is 0. The molecule has 0 saturated heterocycles. The van der Waals surface area contributed by atoms with Crippen LogP contribution in [0.15, 0.2) is 40.9 Å². The van der Waals surface area contributed by atoms with E-state index in [2.05, 4.69) is 29.1 Å². The molecule has 0 heterocycles. The van der Waals surface area contributed by atoms with Crippen LogP contribution in [0.1, 0.15) is 13.8 Å². The van der Waals surface area contributed by atoms with Gasteiger partial charge in [0.1, 0.15) is 5.02 Å². The van der Waals surface area contributed by atoms with Gasteiger partial charge in [0.15, 0.2) is 11.5 Å². The SMILES string of the molecule is C=C(C)C(=O)Oc1ccc(Br)c(OC(=O)C(=C)C)c1Cl. The highest BCUT2D eigenvalue weighted by atomic mass is 79.9. The fraction of sp³-hybridized carbons (Fsp3) is 0.143. The molecule has 0 aliphatic heterocycles. The number of ether oxygens (including phenoxy) is 2. The van der Waals surface area contributed by atoms with Crippen LogP contribution in [0.25, 0.3) is 0 Å². The minimum Gasteiger partial charge on any atom is -0.421 e. The number of benzene rings is 1. The third-order valence-electron chi connectivity index (χ3n) is 2.11. The molecule has 1 rings (SSSR count). The van der Waals surface area contributed by atoms with Crippen molar-refractivity contribution in [2.75, 3.05) is 0 Å². The largest absolute Gasteiger partial charge is 0.421 e. The summed E-state index contributed by atoms with van der Waals surface area (Å²) in [5.74, 6) is -1.11. The molecule has 0 unspecified atom stereocenters. The zero-order valence-electron chi connectivity index (χ0n) is 11.0. The molecule has 0 fully saturated rings. The van der Waals surface area contributed by atoms with Crippen LogP contribution in [0, 0.1) is 0 Å². The minimum atomic E-state index is -0.629. The van der Waals surface area contributed by atoms with Crippen molar-refractivity contribution in [3.05, 3.63) is 45.9 Å². The molecule has 20 heavy (non-hydrogen) atoms. The smallest absolute Gasteiger partial charge is 0.338 e. The first-order valence-corrected chi connectivity index (χ1v) is 6.64. The molecular weight excluding hydrogens is 348 g/mol. The quantitative estimate of drug-likeness (QED) is 0.462. The molecule has 0 aliphatic rings. The molecule has 1 aromatic carbocycles. The van der Waals surface area contributed by atoms with E-state index >= 15 is 0 Å². The van der Waals surface area contributed by atoms with Crippen molar-refractivity contribution in [1.82, 2.24) is 0 Å². The summed E-state index contributed by atoms with van der Waals surface area (Å²) in [6, 6.07) is 3.03. The normalized spacial score (nSPS) is 9.80. The molecule has 1 aromatic rings. The Kier molecular flexibility index (Phi) is 5.53. The van der Waals surface area contributed by atoms with Crippen molar-refractivity contribution in [2.24, 2.45) is 0 Å². The van der Waals surface area contributed by atoms with E-state index in [1.807, 2.05) is 0 Å². The topological polar surface area (TPSA) is 52.6 Å². The molecule has 4 nitrogen and oxygen atoms in total. The van der Waals surface area contributed by atoms with Gasteiger partial charge < -0.3 is 9.47 Å². The number of esters is 2. The minimum absolute atomic E-state index is 0.00331. The summed E-state index contributed by atoms with van der Waals surface area (Å²) in [6.45, 7) is 9.96. The number of rotatable bonds is 4. The Morgan fingerprint density at radius 1 is 1.10 bits per heavy atom. The molecule has 0 radical (unpaired) electrons. The molecule has 0 spiro atoms. The lowest BCUT2D eigenvalue weighted by molar-refractivity contribution is -0.130. The third kappa shape index (κ3) is 3.95. The fourth-order valence-electron chi connectivity index (χ4n) is 1.05. The lowest BCUT2D eigenvalue weighted by Crippen LogP contribution is -2.11. The second-order valence-electron chi connectivity index (χ2n) is 4.03. The highest BCUT2D eigenvalue weighted by Crippen LogP contribution is 2.40. The molecule has 0 N–H and O–H groups in total. The van der Waals surface area contributed by atoms with Crippen LogP contribution in [0.4, 0.5) is 0 Å². The van der Waals surface area contributed by atoms with Crippen LogP contribution in [0.5, 0.6) is 11.5 Å². The highest BCUT2D eigenvalue weighted by molar-refractivity contribution is 9.10. The molecule has 0 bridgehead atoms. The van der Waals surface area contributed by atoms with E-state index in [-0.39, 0.29) is 27.7 Å². The predicted molar refractivity (Wildman–Crippen MR) is 80.1 cm³/mol.